The number of phenolic OH excluding ortho intramolecular Hbond substituents is 1. The number of hydrogen-bond acceptors (Lipinski definition) is 11. The summed E-state index contributed by atoms with van der Waals surface area (Å²) in [6.45, 7) is 2.43. The molecule has 0 saturated heterocycles. The Labute approximate surface area is 308 Å². The Hall–Kier alpha value is -4.44. The average molecular weight is 743 g/mol. The lowest BCUT2D eigenvalue weighted by atomic mass is 9.90. The van der Waals surface area contributed by atoms with Crippen LogP contribution in [-0.4, -0.2) is 78.4 Å². The maximum absolute atomic E-state index is 12.8. The van der Waals surface area contributed by atoms with Crippen molar-refractivity contribution in [2.45, 2.75) is 69.0 Å². The highest BCUT2D eigenvalue weighted by molar-refractivity contribution is 7.12. The van der Waals surface area contributed by atoms with Crippen molar-refractivity contribution >= 4 is 50.6 Å². The average Bonchev–Trinajstić information content (AvgIpc) is 3.95. The quantitative estimate of drug-likeness (QED) is 0.0894. The topological polar surface area (TPSA) is 166 Å². The molecule has 1 aliphatic carbocycles. The number of aliphatic carboxylic acids is 1. The zero-order chi connectivity index (χ0) is 36.2. The fourth-order valence-electron chi connectivity index (χ4n) is 7.27. The Morgan fingerprint density at radius 3 is 2.52 bits per heavy atom. The van der Waals surface area contributed by atoms with Crippen LogP contribution in [0, 0.1) is 0 Å². The number of fused-ring (bicyclic) bond motifs is 2. The molecule has 0 amide bonds. The summed E-state index contributed by atoms with van der Waals surface area (Å²) < 4.78 is 8.50. The van der Waals surface area contributed by atoms with Gasteiger partial charge in [-0.05, 0) is 104 Å². The summed E-state index contributed by atoms with van der Waals surface area (Å²) in [6, 6.07) is 20.1. The number of aromatic nitrogens is 4. The van der Waals surface area contributed by atoms with Crippen LogP contribution in [0.15, 0.2) is 82.3 Å². The second-order valence-electron chi connectivity index (χ2n) is 13.4. The van der Waals surface area contributed by atoms with Crippen LogP contribution in [-0.2, 0) is 28.2 Å². The molecule has 52 heavy (non-hydrogen) atoms. The number of hydrogen-bond donors (Lipinski definition) is 5. The van der Waals surface area contributed by atoms with E-state index < -0.39 is 17.7 Å². The maximum atomic E-state index is 12.8. The van der Waals surface area contributed by atoms with Gasteiger partial charge in [0.05, 0.1) is 33.0 Å². The van der Waals surface area contributed by atoms with Gasteiger partial charge in [-0.2, -0.15) is 0 Å². The molecule has 4 heterocycles. The zero-order valence-corrected chi connectivity index (χ0v) is 30.4. The van der Waals surface area contributed by atoms with Crippen LogP contribution in [0.4, 0.5) is 0 Å². The van der Waals surface area contributed by atoms with E-state index in [1.807, 2.05) is 57.9 Å². The largest absolute Gasteiger partial charge is 0.506 e. The van der Waals surface area contributed by atoms with Crippen LogP contribution in [0.25, 0.3) is 21.9 Å². The number of H-pyrrole nitrogens is 1. The Kier molecular flexibility index (Phi) is 10.8. The van der Waals surface area contributed by atoms with Crippen molar-refractivity contribution in [3.8, 4) is 5.75 Å². The number of carbonyl (C=O) groups is 1. The van der Waals surface area contributed by atoms with Crippen LogP contribution in [0.2, 0.25) is 0 Å². The first kappa shape index (κ1) is 35.9. The molecule has 0 bridgehead atoms. The Morgan fingerprint density at radius 2 is 1.83 bits per heavy atom. The molecule has 14 heteroatoms. The minimum atomic E-state index is -1.47. The van der Waals surface area contributed by atoms with Crippen molar-refractivity contribution in [1.29, 1.82) is 0 Å². The van der Waals surface area contributed by atoms with Gasteiger partial charge in [-0.15, -0.1) is 27.8 Å². The smallest absolute Gasteiger partial charge is 0.347 e. The number of aliphatic hydroxyl groups is 1. The summed E-state index contributed by atoms with van der Waals surface area (Å²) in [5.74, 6) is -1.01. The second kappa shape index (κ2) is 15.7. The van der Waals surface area contributed by atoms with E-state index >= 15 is 0 Å². The van der Waals surface area contributed by atoms with Crippen LogP contribution in [0.1, 0.15) is 59.1 Å². The number of nitrogens with zero attached hydrogens (tertiary/aromatic N) is 4. The van der Waals surface area contributed by atoms with Gasteiger partial charge in [-0.3, -0.25) is 4.79 Å². The van der Waals surface area contributed by atoms with E-state index in [-0.39, 0.29) is 24.0 Å². The first-order valence-corrected chi connectivity index (χ1v) is 19.2. The number of aliphatic hydroxyl groups excluding tert-OH is 1. The van der Waals surface area contributed by atoms with Crippen molar-refractivity contribution in [2.75, 3.05) is 20.1 Å². The van der Waals surface area contributed by atoms with Gasteiger partial charge in [0.25, 0.3) is 0 Å². The summed E-state index contributed by atoms with van der Waals surface area (Å²) in [5.41, 5.74) is 1.92. The van der Waals surface area contributed by atoms with E-state index in [2.05, 4.69) is 32.6 Å². The molecule has 0 aliphatic heterocycles. The highest BCUT2D eigenvalue weighted by Crippen LogP contribution is 2.42. The molecule has 2 aromatic carbocycles. The number of carboxylic acid groups (broad SMARTS) is 1. The number of thiophene rings is 2. The molecule has 1 saturated carbocycles. The summed E-state index contributed by atoms with van der Waals surface area (Å²) in [4.78, 5) is 30.9. The fraction of sp³-hybridized carbons (Fsp3) is 0.368. The summed E-state index contributed by atoms with van der Waals surface area (Å²) >= 11 is 2.84. The number of aromatic amines is 1. The van der Waals surface area contributed by atoms with Crippen LogP contribution >= 0.6 is 22.7 Å². The molecule has 1 atom stereocenters. The van der Waals surface area contributed by atoms with Crippen LogP contribution < -0.4 is 10.9 Å². The van der Waals surface area contributed by atoms with Gasteiger partial charge in [-0.1, -0.05) is 29.5 Å². The predicted octanol–water partition coefficient (Wildman–Crippen LogP) is 5.60. The number of pyridine rings is 1. The highest BCUT2D eigenvalue weighted by atomic mass is 32.1. The molecule has 0 radical (unpaired) electrons. The number of aryl methyl sites for hydroxylation is 1. The standard InChI is InChI=1S/C38H42N6O6S2/c1-43(25-8-10-26(11-9-25)50-38(37(48)49,33-5-2-19-51-33)34-6-3-20-52-34)17-4-18-44-30-14-7-24(21-29(30)41-42-44)22-39-23-32(46)27-12-15-31(45)36-28(27)13-16-35(47)40-36/h2-3,5-7,12-16,19-21,25-26,32,39,45-46H,4,8-11,17-18,22-23H2,1H3,(H,40,47)(H,48,49)/t25-,26-,32?. The molecule has 1 fully saturated rings. The van der Waals surface area contributed by atoms with Gasteiger partial charge >= 0.3 is 5.97 Å². The first-order chi connectivity index (χ1) is 25.2. The number of carboxylic acids is 1. The lowest BCUT2D eigenvalue weighted by molar-refractivity contribution is -0.170. The van der Waals surface area contributed by atoms with E-state index in [9.17, 15) is 24.9 Å². The van der Waals surface area contributed by atoms with Gasteiger partial charge in [0.15, 0.2) is 0 Å². The summed E-state index contributed by atoms with van der Waals surface area (Å²) in [7, 11) is 2.16. The van der Waals surface area contributed by atoms with Crippen molar-refractivity contribution in [2.24, 2.45) is 0 Å². The molecule has 0 spiro atoms. The minimum Gasteiger partial charge on any atom is -0.506 e. The molecule has 6 aromatic rings. The maximum Gasteiger partial charge on any atom is 0.347 e. The Balaban J connectivity index is 0.884. The number of aromatic hydroxyl groups is 1. The fourth-order valence-corrected chi connectivity index (χ4v) is 9.08. The van der Waals surface area contributed by atoms with Crippen LogP contribution in [0.5, 0.6) is 5.75 Å². The number of ether oxygens (including phenoxy) is 1. The minimum absolute atomic E-state index is 0.0409. The SMILES string of the molecule is CN(CCCn1nnc2cc(CNCC(O)c3ccc(O)c4[nH]c(=O)ccc34)ccc21)[C@H]1CC[C@H](OC(C(=O)O)(c2cccs2)c2cccs2)CC1. The van der Waals surface area contributed by atoms with Crippen molar-refractivity contribution in [1.82, 2.24) is 30.2 Å². The van der Waals surface area contributed by atoms with Crippen molar-refractivity contribution in [3.05, 3.63) is 109 Å². The third-order valence-corrected chi connectivity index (χ3v) is 12.0. The van der Waals surface area contributed by atoms with Crippen molar-refractivity contribution < 1.29 is 24.9 Å². The predicted molar refractivity (Wildman–Crippen MR) is 202 cm³/mol. The van der Waals surface area contributed by atoms with E-state index in [0.29, 0.717) is 38.8 Å². The number of phenols is 1. The van der Waals surface area contributed by atoms with E-state index in [4.69, 9.17) is 4.74 Å². The second-order valence-corrected chi connectivity index (χ2v) is 15.3. The van der Waals surface area contributed by atoms with Gasteiger partial charge in [-0.25, -0.2) is 9.48 Å². The number of rotatable bonds is 15. The first-order valence-electron chi connectivity index (χ1n) is 17.5. The van der Waals surface area contributed by atoms with Crippen LogP contribution in [0.3, 0.4) is 0 Å². The number of nitrogens with one attached hydrogen (secondary N) is 2. The lowest BCUT2D eigenvalue weighted by Gasteiger charge is -2.38. The molecule has 4 aromatic heterocycles. The molecule has 272 valence electrons. The lowest BCUT2D eigenvalue weighted by Crippen LogP contribution is -2.44. The molecule has 1 unspecified atom stereocenters. The Bertz CT molecular complexity index is 2140. The number of benzene rings is 2. The third kappa shape index (κ3) is 7.40. The van der Waals surface area contributed by atoms with E-state index in [0.717, 1.165) is 61.8 Å². The zero-order valence-electron chi connectivity index (χ0n) is 28.8. The van der Waals surface area contributed by atoms with Gasteiger partial charge < -0.3 is 35.3 Å². The highest BCUT2D eigenvalue weighted by Gasteiger charge is 2.48. The molecular formula is C38H42N6O6S2. The molecular weight excluding hydrogens is 701 g/mol. The Morgan fingerprint density at radius 1 is 1.08 bits per heavy atom. The third-order valence-electron chi connectivity index (χ3n) is 10.0. The van der Waals surface area contributed by atoms with E-state index in [1.54, 1.807) is 12.1 Å². The molecule has 7 rings (SSSR count). The molecule has 1 aliphatic rings. The van der Waals surface area contributed by atoms with Gasteiger partial charge in [0.1, 0.15) is 11.3 Å². The molecule has 12 nitrogen and oxygen atoms in total. The van der Waals surface area contributed by atoms with E-state index in [1.165, 1.54) is 34.8 Å². The monoisotopic (exact) mass is 742 g/mol. The summed E-state index contributed by atoms with van der Waals surface area (Å²) in [6.07, 6.45) is 3.43. The summed E-state index contributed by atoms with van der Waals surface area (Å²) in [5, 5.41) is 48.0. The molecule has 5 N–H and O–H groups in total. The normalized spacial score (nSPS) is 17.3. The van der Waals surface area contributed by atoms with Gasteiger partial charge in [0.2, 0.25) is 11.2 Å². The van der Waals surface area contributed by atoms with Gasteiger partial charge in [0, 0.05) is 37.1 Å². The van der Waals surface area contributed by atoms with Crippen molar-refractivity contribution in [3.63, 3.8) is 0 Å².